The van der Waals surface area contributed by atoms with E-state index < -0.39 is 10.0 Å². The van der Waals surface area contributed by atoms with Crippen LogP contribution < -0.4 is 16.2 Å². The lowest BCUT2D eigenvalue weighted by Crippen LogP contribution is -2.33. The van der Waals surface area contributed by atoms with Crippen molar-refractivity contribution in [3.05, 3.63) is 29.8 Å². The number of sulfonamides is 1. The van der Waals surface area contributed by atoms with Crippen molar-refractivity contribution in [3.8, 4) is 0 Å². The molecule has 8 heteroatoms. The molecule has 0 spiro atoms. The van der Waals surface area contributed by atoms with Crippen LogP contribution in [0, 0.1) is 0 Å². The first-order valence-electron chi connectivity index (χ1n) is 6.08. The van der Waals surface area contributed by atoms with E-state index in [2.05, 4.69) is 10.3 Å². The standard InChI is InChI=1S/C12H20N4O3S/c1-19-9-8-16-12(13)15-7-6-10-2-4-11(5-3-10)20(14,17)18/h2-5H,6-9H2,1H3,(H3,13,15,16)(H2,14,17,18). The molecule has 20 heavy (non-hydrogen) atoms. The third-order valence-corrected chi connectivity index (χ3v) is 3.48. The van der Waals surface area contributed by atoms with Crippen LogP contribution in [-0.2, 0) is 21.2 Å². The number of rotatable bonds is 7. The van der Waals surface area contributed by atoms with E-state index in [9.17, 15) is 8.42 Å². The van der Waals surface area contributed by atoms with Crippen LogP contribution in [0.4, 0.5) is 0 Å². The minimum atomic E-state index is -3.63. The quantitative estimate of drug-likeness (QED) is 0.354. The molecule has 0 unspecified atom stereocenters. The van der Waals surface area contributed by atoms with Gasteiger partial charge in [0.15, 0.2) is 5.96 Å². The summed E-state index contributed by atoms with van der Waals surface area (Å²) in [4.78, 5) is 4.16. The highest BCUT2D eigenvalue weighted by atomic mass is 32.2. The van der Waals surface area contributed by atoms with Gasteiger partial charge >= 0.3 is 0 Å². The molecule has 1 rings (SSSR count). The van der Waals surface area contributed by atoms with Crippen LogP contribution in [0.25, 0.3) is 0 Å². The van der Waals surface area contributed by atoms with E-state index in [1.807, 2.05) is 0 Å². The van der Waals surface area contributed by atoms with Crippen molar-refractivity contribution >= 4 is 16.0 Å². The summed E-state index contributed by atoms with van der Waals surface area (Å²) >= 11 is 0. The summed E-state index contributed by atoms with van der Waals surface area (Å²) in [5.41, 5.74) is 6.63. The van der Waals surface area contributed by atoms with E-state index in [1.165, 1.54) is 12.1 Å². The average molecular weight is 300 g/mol. The topological polar surface area (TPSA) is 120 Å². The molecule has 0 heterocycles. The second-order valence-electron chi connectivity index (χ2n) is 4.13. The van der Waals surface area contributed by atoms with Crippen molar-refractivity contribution < 1.29 is 13.2 Å². The third kappa shape index (κ3) is 6.00. The number of nitrogens with two attached hydrogens (primary N) is 2. The van der Waals surface area contributed by atoms with Crippen molar-refractivity contribution in [2.75, 3.05) is 26.8 Å². The number of ether oxygens (including phenoxy) is 1. The van der Waals surface area contributed by atoms with E-state index in [1.54, 1.807) is 19.2 Å². The molecule has 5 N–H and O–H groups in total. The summed E-state index contributed by atoms with van der Waals surface area (Å²) < 4.78 is 27.0. The van der Waals surface area contributed by atoms with Crippen molar-refractivity contribution in [2.45, 2.75) is 11.3 Å². The average Bonchev–Trinajstić information content (AvgIpc) is 2.38. The summed E-state index contributed by atoms with van der Waals surface area (Å²) in [6.07, 6.45) is 0.700. The molecule has 0 aliphatic rings. The summed E-state index contributed by atoms with van der Waals surface area (Å²) in [5.74, 6) is 0.364. The zero-order chi connectivity index (χ0) is 15.0. The zero-order valence-electron chi connectivity index (χ0n) is 11.4. The molecule has 1 aromatic carbocycles. The molecule has 1 aromatic rings. The normalized spacial score (nSPS) is 12.4. The van der Waals surface area contributed by atoms with E-state index in [0.717, 1.165) is 5.56 Å². The lowest BCUT2D eigenvalue weighted by Gasteiger charge is -2.06. The smallest absolute Gasteiger partial charge is 0.238 e. The van der Waals surface area contributed by atoms with Crippen LogP contribution in [0.1, 0.15) is 5.56 Å². The molecule has 0 radical (unpaired) electrons. The lowest BCUT2D eigenvalue weighted by atomic mass is 10.1. The Bertz CT molecular complexity index is 540. The van der Waals surface area contributed by atoms with Gasteiger partial charge in [0.05, 0.1) is 18.0 Å². The van der Waals surface area contributed by atoms with Crippen molar-refractivity contribution in [2.24, 2.45) is 15.9 Å². The lowest BCUT2D eigenvalue weighted by molar-refractivity contribution is 0.208. The second-order valence-corrected chi connectivity index (χ2v) is 5.69. The van der Waals surface area contributed by atoms with Gasteiger partial charge in [-0.3, -0.25) is 4.99 Å². The Hall–Kier alpha value is -1.64. The maximum atomic E-state index is 11.1. The molecule has 0 atom stereocenters. The molecule has 0 aliphatic heterocycles. The molecule has 0 saturated heterocycles. The van der Waals surface area contributed by atoms with Crippen LogP contribution in [0.15, 0.2) is 34.2 Å². The minimum absolute atomic E-state index is 0.106. The minimum Gasteiger partial charge on any atom is -0.383 e. The van der Waals surface area contributed by atoms with Crippen LogP contribution in [-0.4, -0.2) is 41.2 Å². The molecule has 0 saturated carbocycles. The maximum absolute atomic E-state index is 11.1. The number of hydrogen-bond donors (Lipinski definition) is 3. The predicted octanol–water partition coefficient (Wildman–Crippen LogP) is -0.573. The highest BCUT2D eigenvalue weighted by Crippen LogP contribution is 2.08. The van der Waals surface area contributed by atoms with Gasteiger partial charge in [0, 0.05) is 13.7 Å². The van der Waals surface area contributed by atoms with Gasteiger partial charge in [-0.05, 0) is 24.1 Å². The van der Waals surface area contributed by atoms with Crippen molar-refractivity contribution in [1.82, 2.24) is 5.32 Å². The first kappa shape index (κ1) is 16.4. The molecule has 112 valence electrons. The fraction of sp³-hybridized carbons (Fsp3) is 0.417. The number of aliphatic imine (C=N–C) groups is 1. The van der Waals surface area contributed by atoms with E-state index >= 15 is 0 Å². The number of benzene rings is 1. The van der Waals surface area contributed by atoms with Gasteiger partial charge in [0.2, 0.25) is 10.0 Å². The number of nitrogens with zero attached hydrogens (tertiary/aromatic N) is 1. The van der Waals surface area contributed by atoms with E-state index in [4.69, 9.17) is 15.6 Å². The van der Waals surface area contributed by atoms with E-state index in [-0.39, 0.29) is 4.90 Å². The number of hydrogen-bond acceptors (Lipinski definition) is 4. The first-order chi connectivity index (χ1) is 9.43. The summed E-state index contributed by atoms with van der Waals surface area (Å²) in [6, 6.07) is 6.42. The molecule has 0 amide bonds. The highest BCUT2D eigenvalue weighted by Gasteiger charge is 2.06. The van der Waals surface area contributed by atoms with Crippen LogP contribution in [0.5, 0.6) is 0 Å². The Kier molecular flexibility index (Phi) is 6.43. The molecular formula is C12H20N4O3S. The van der Waals surface area contributed by atoms with E-state index in [0.29, 0.717) is 32.1 Å². The Morgan fingerprint density at radius 3 is 2.55 bits per heavy atom. The number of methoxy groups -OCH3 is 1. The Labute approximate surface area is 119 Å². The number of primary sulfonamides is 1. The molecule has 0 aliphatic carbocycles. The van der Waals surface area contributed by atoms with Crippen LogP contribution in [0.3, 0.4) is 0 Å². The highest BCUT2D eigenvalue weighted by molar-refractivity contribution is 7.89. The Morgan fingerprint density at radius 1 is 1.35 bits per heavy atom. The zero-order valence-corrected chi connectivity index (χ0v) is 12.2. The van der Waals surface area contributed by atoms with Gasteiger partial charge in [-0.1, -0.05) is 12.1 Å². The molecule has 0 fully saturated rings. The summed E-state index contributed by atoms with van der Waals surface area (Å²) in [6.45, 7) is 1.65. The monoisotopic (exact) mass is 300 g/mol. The molecule has 0 bridgehead atoms. The van der Waals surface area contributed by atoms with Gasteiger partial charge < -0.3 is 15.8 Å². The number of guanidine groups is 1. The van der Waals surface area contributed by atoms with Crippen LogP contribution in [0.2, 0.25) is 0 Å². The predicted molar refractivity (Wildman–Crippen MR) is 77.9 cm³/mol. The van der Waals surface area contributed by atoms with Crippen molar-refractivity contribution in [1.29, 1.82) is 0 Å². The molecule has 7 nitrogen and oxygen atoms in total. The first-order valence-corrected chi connectivity index (χ1v) is 7.62. The fourth-order valence-electron chi connectivity index (χ4n) is 1.49. The molecule has 0 aromatic heterocycles. The second kappa shape index (κ2) is 7.83. The van der Waals surface area contributed by atoms with Crippen LogP contribution >= 0.6 is 0 Å². The van der Waals surface area contributed by atoms with Crippen molar-refractivity contribution in [3.63, 3.8) is 0 Å². The Balaban J connectivity index is 2.41. The van der Waals surface area contributed by atoms with Gasteiger partial charge in [0.25, 0.3) is 0 Å². The summed E-state index contributed by atoms with van der Waals surface area (Å²) in [7, 11) is -2.03. The SMILES string of the molecule is COCCN=C(N)NCCc1ccc(S(N)(=O)=O)cc1. The van der Waals surface area contributed by atoms with Gasteiger partial charge in [0.1, 0.15) is 0 Å². The van der Waals surface area contributed by atoms with Gasteiger partial charge in [-0.2, -0.15) is 0 Å². The van der Waals surface area contributed by atoms with Gasteiger partial charge in [-0.25, -0.2) is 13.6 Å². The number of nitrogens with one attached hydrogen (secondary N) is 1. The fourth-order valence-corrected chi connectivity index (χ4v) is 2.01. The largest absolute Gasteiger partial charge is 0.383 e. The maximum Gasteiger partial charge on any atom is 0.238 e. The third-order valence-electron chi connectivity index (χ3n) is 2.55. The molecular weight excluding hydrogens is 280 g/mol. The Morgan fingerprint density at radius 2 is 2.00 bits per heavy atom. The summed E-state index contributed by atoms with van der Waals surface area (Å²) in [5, 5.41) is 7.99. The van der Waals surface area contributed by atoms with Gasteiger partial charge in [-0.15, -0.1) is 0 Å².